The zero-order chi connectivity index (χ0) is 18.4. The van der Waals surface area contributed by atoms with Gasteiger partial charge in [-0.25, -0.2) is 5.43 Å². The van der Waals surface area contributed by atoms with Crippen LogP contribution in [0.25, 0.3) is 11.3 Å². The van der Waals surface area contributed by atoms with Gasteiger partial charge in [-0.3, -0.25) is 9.89 Å². The number of aromatic amines is 1. The maximum atomic E-state index is 12.2. The average molecular weight is 348 g/mol. The molecule has 0 aliphatic heterocycles. The molecule has 6 heteroatoms. The second-order valence-electron chi connectivity index (χ2n) is 5.66. The highest BCUT2D eigenvalue weighted by Gasteiger charge is 2.13. The Hall–Kier alpha value is -3.41. The van der Waals surface area contributed by atoms with Crippen LogP contribution >= 0.6 is 0 Å². The van der Waals surface area contributed by atoms with Crippen LogP contribution in [-0.4, -0.2) is 29.4 Å². The van der Waals surface area contributed by atoms with Gasteiger partial charge in [0.05, 0.1) is 19.0 Å². The summed E-state index contributed by atoms with van der Waals surface area (Å²) in [5.74, 6) is 0.333. The van der Waals surface area contributed by atoms with Crippen LogP contribution in [0.5, 0.6) is 5.75 Å². The number of hydrogen-bond donors (Lipinski definition) is 2. The molecular weight excluding hydrogens is 328 g/mol. The molecule has 0 atom stereocenters. The molecule has 0 aliphatic rings. The fraction of sp³-hybridized carbons (Fsp3) is 0.150. The van der Waals surface area contributed by atoms with Crippen molar-refractivity contribution in [1.29, 1.82) is 0 Å². The number of aryl methyl sites for hydroxylation is 1. The fourth-order valence-corrected chi connectivity index (χ4v) is 2.50. The molecule has 0 bridgehead atoms. The highest BCUT2D eigenvalue weighted by atomic mass is 16.5. The van der Waals surface area contributed by atoms with Crippen molar-refractivity contribution < 1.29 is 9.53 Å². The Morgan fingerprint density at radius 2 is 2.00 bits per heavy atom. The second-order valence-corrected chi connectivity index (χ2v) is 5.66. The van der Waals surface area contributed by atoms with Crippen molar-refractivity contribution >= 4 is 12.1 Å². The van der Waals surface area contributed by atoms with E-state index in [1.807, 2.05) is 48.5 Å². The molecule has 0 fully saturated rings. The van der Waals surface area contributed by atoms with Crippen LogP contribution in [0.2, 0.25) is 0 Å². The summed E-state index contributed by atoms with van der Waals surface area (Å²) in [6.45, 7) is 2.10. The van der Waals surface area contributed by atoms with Crippen molar-refractivity contribution in [2.75, 3.05) is 7.11 Å². The molecule has 3 rings (SSSR count). The highest BCUT2D eigenvalue weighted by Crippen LogP contribution is 2.28. The molecule has 0 saturated carbocycles. The number of carbonyl (C=O) groups is 1. The number of methoxy groups -OCH3 is 1. The molecule has 26 heavy (non-hydrogen) atoms. The SMILES string of the molecule is CCc1ccc(/C=N\NC(=O)c2cc(-c3ccccc3OC)n[nH]2)cc1. The molecule has 0 saturated heterocycles. The average Bonchev–Trinajstić information content (AvgIpc) is 3.18. The number of para-hydroxylation sites is 1. The van der Waals surface area contributed by atoms with E-state index in [-0.39, 0.29) is 5.91 Å². The number of hydrazone groups is 1. The van der Waals surface area contributed by atoms with Crippen molar-refractivity contribution in [3.05, 3.63) is 71.4 Å². The molecule has 132 valence electrons. The largest absolute Gasteiger partial charge is 0.496 e. The molecule has 1 amide bonds. The summed E-state index contributed by atoms with van der Waals surface area (Å²) < 4.78 is 5.32. The number of amides is 1. The van der Waals surface area contributed by atoms with E-state index in [4.69, 9.17) is 4.74 Å². The van der Waals surface area contributed by atoms with Gasteiger partial charge < -0.3 is 4.74 Å². The van der Waals surface area contributed by atoms with Crippen molar-refractivity contribution in [3.8, 4) is 17.0 Å². The van der Waals surface area contributed by atoms with Crippen LogP contribution in [0.15, 0.2) is 59.7 Å². The van der Waals surface area contributed by atoms with E-state index >= 15 is 0 Å². The predicted molar refractivity (Wildman–Crippen MR) is 101 cm³/mol. The quantitative estimate of drug-likeness (QED) is 0.529. The Labute approximate surface area is 151 Å². The van der Waals surface area contributed by atoms with E-state index in [0.717, 1.165) is 17.5 Å². The van der Waals surface area contributed by atoms with Crippen molar-refractivity contribution in [1.82, 2.24) is 15.6 Å². The minimum atomic E-state index is -0.361. The molecule has 0 radical (unpaired) electrons. The maximum Gasteiger partial charge on any atom is 0.289 e. The van der Waals surface area contributed by atoms with Crippen LogP contribution < -0.4 is 10.2 Å². The first-order chi connectivity index (χ1) is 12.7. The van der Waals surface area contributed by atoms with Crippen molar-refractivity contribution in [3.63, 3.8) is 0 Å². The first-order valence-corrected chi connectivity index (χ1v) is 8.32. The van der Waals surface area contributed by atoms with Gasteiger partial charge >= 0.3 is 0 Å². The molecule has 3 aromatic rings. The van der Waals surface area contributed by atoms with Crippen LogP contribution in [-0.2, 0) is 6.42 Å². The van der Waals surface area contributed by atoms with Gasteiger partial charge in [0, 0.05) is 5.56 Å². The lowest BCUT2D eigenvalue weighted by molar-refractivity contribution is 0.0950. The number of aromatic nitrogens is 2. The first kappa shape index (κ1) is 17.4. The molecule has 0 aliphatic carbocycles. The number of hydrogen-bond acceptors (Lipinski definition) is 4. The summed E-state index contributed by atoms with van der Waals surface area (Å²) in [4.78, 5) is 12.2. The molecule has 0 unspecified atom stereocenters. The van der Waals surface area contributed by atoms with Gasteiger partial charge in [0.25, 0.3) is 5.91 Å². The molecule has 1 aromatic heterocycles. The van der Waals surface area contributed by atoms with E-state index in [1.165, 1.54) is 5.56 Å². The van der Waals surface area contributed by atoms with Gasteiger partial charge in [0.1, 0.15) is 11.4 Å². The van der Waals surface area contributed by atoms with Gasteiger partial charge in [-0.15, -0.1) is 0 Å². The number of ether oxygens (including phenoxy) is 1. The van der Waals surface area contributed by atoms with Crippen LogP contribution in [0.3, 0.4) is 0 Å². The summed E-state index contributed by atoms with van der Waals surface area (Å²) in [5, 5.41) is 10.9. The number of benzene rings is 2. The Kier molecular flexibility index (Phi) is 5.43. The molecule has 6 nitrogen and oxygen atoms in total. The standard InChI is InChI=1S/C20H20N4O2/c1-3-14-8-10-15(11-9-14)13-21-24-20(25)18-12-17(22-23-18)16-6-4-5-7-19(16)26-2/h4-13H,3H2,1-2H3,(H,22,23)(H,24,25)/b21-13-. The summed E-state index contributed by atoms with van der Waals surface area (Å²) in [7, 11) is 1.60. The summed E-state index contributed by atoms with van der Waals surface area (Å²) in [6, 6.07) is 17.2. The number of nitrogens with zero attached hydrogens (tertiary/aromatic N) is 2. The van der Waals surface area contributed by atoms with Crippen LogP contribution in [0.1, 0.15) is 28.5 Å². The van der Waals surface area contributed by atoms with E-state index < -0.39 is 0 Å². The van der Waals surface area contributed by atoms with E-state index in [0.29, 0.717) is 17.1 Å². The Balaban J connectivity index is 1.67. The number of carbonyl (C=O) groups excluding carboxylic acids is 1. The second kappa shape index (κ2) is 8.11. The summed E-state index contributed by atoms with van der Waals surface area (Å²) in [6.07, 6.45) is 2.59. The molecule has 2 aromatic carbocycles. The maximum absolute atomic E-state index is 12.2. The van der Waals surface area contributed by atoms with Crippen LogP contribution in [0.4, 0.5) is 0 Å². The van der Waals surface area contributed by atoms with Gasteiger partial charge in [0.2, 0.25) is 0 Å². The van der Waals surface area contributed by atoms with Gasteiger partial charge in [-0.05, 0) is 35.7 Å². The Bertz CT molecular complexity index is 914. The number of rotatable bonds is 6. The third kappa shape index (κ3) is 3.97. The number of H-pyrrole nitrogens is 1. The van der Waals surface area contributed by atoms with E-state index in [1.54, 1.807) is 19.4 Å². The highest BCUT2D eigenvalue weighted by molar-refractivity contribution is 5.94. The normalized spacial score (nSPS) is 10.8. The third-order valence-electron chi connectivity index (χ3n) is 3.97. The predicted octanol–water partition coefficient (Wildman–Crippen LogP) is 3.41. The monoisotopic (exact) mass is 348 g/mol. The lowest BCUT2D eigenvalue weighted by atomic mass is 10.1. The summed E-state index contributed by atoms with van der Waals surface area (Å²) in [5.41, 5.74) is 6.44. The first-order valence-electron chi connectivity index (χ1n) is 8.32. The molecule has 1 heterocycles. The fourth-order valence-electron chi connectivity index (χ4n) is 2.50. The smallest absolute Gasteiger partial charge is 0.289 e. The summed E-state index contributed by atoms with van der Waals surface area (Å²) >= 11 is 0. The Morgan fingerprint density at radius 1 is 1.23 bits per heavy atom. The van der Waals surface area contributed by atoms with Crippen molar-refractivity contribution in [2.45, 2.75) is 13.3 Å². The van der Waals surface area contributed by atoms with E-state index in [9.17, 15) is 4.79 Å². The molecule has 0 spiro atoms. The molecular formula is C20H20N4O2. The minimum Gasteiger partial charge on any atom is -0.496 e. The molecule has 2 N–H and O–H groups in total. The Morgan fingerprint density at radius 3 is 2.73 bits per heavy atom. The van der Waals surface area contributed by atoms with Gasteiger partial charge in [0.15, 0.2) is 0 Å². The minimum absolute atomic E-state index is 0.324. The van der Waals surface area contributed by atoms with Crippen LogP contribution in [0, 0.1) is 0 Å². The zero-order valence-corrected chi connectivity index (χ0v) is 14.7. The topological polar surface area (TPSA) is 79.4 Å². The third-order valence-corrected chi connectivity index (χ3v) is 3.97. The van der Waals surface area contributed by atoms with E-state index in [2.05, 4.69) is 27.6 Å². The van der Waals surface area contributed by atoms with Gasteiger partial charge in [-0.1, -0.05) is 43.3 Å². The number of nitrogens with one attached hydrogen (secondary N) is 2. The lowest BCUT2D eigenvalue weighted by Crippen LogP contribution is -2.18. The van der Waals surface area contributed by atoms with Gasteiger partial charge in [-0.2, -0.15) is 10.2 Å². The lowest BCUT2D eigenvalue weighted by Gasteiger charge is -2.04. The van der Waals surface area contributed by atoms with Crippen molar-refractivity contribution in [2.24, 2.45) is 5.10 Å². The zero-order valence-electron chi connectivity index (χ0n) is 14.7.